The first-order valence-electron chi connectivity index (χ1n) is 9.87. The molecule has 4 heterocycles. The quantitative estimate of drug-likeness (QED) is 0.615. The van der Waals surface area contributed by atoms with Crippen molar-refractivity contribution in [2.24, 2.45) is 5.41 Å². The first-order valence-corrected chi connectivity index (χ1v) is 9.87. The number of rotatable bonds is 2. The third-order valence-corrected chi connectivity index (χ3v) is 7.82. The van der Waals surface area contributed by atoms with Crippen LogP contribution >= 0.6 is 0 Å². The fraction of sp³-hybridized carbons (Fsp3) is 0.571. The normalized spacial score (nSPS) is 40.6. The van der Waals surface area contributed by atoms with Crippen molar-refractivity contribution in [2.75, 3.05) is 25.5 Å². The second kappa shape index (κ2) is 4.86. The highest BCUT2D eigenvalue weighted by Gasteiger charge is 2.73. The van der Waals surface area contributed by atoms with Gasteiger partial charge in [-0.2, -0.15) is 0 Å². The van der Waals surface area contributed by atoms with Crippen molar-refractivity contribution < 1.29 is 19.4 Å². The fourth-order valence-corrected chi connectivity index (χ4v) is 6.85. The molecule has 27 heavy (non-hydrogen) atoms. The van der Waals surface area contributed by atoms with Gasteiger partial charge >= 0.3 is 5.97 Å². The lowest BCUT2D eigenvalue weighted by Gasteiger charge is -2.54. The van der Waals surface area contributed by atoms with Crippen molar-refractivity contribution in [2.45, 2.75) is 49.9 Å². The van der Waals surface area contributed by atoms with Gasteiger partial charge in [-0.05, 0) is 37.4 Å². The molecule has 6 nitrogen and oxygen atoms in total. The van der Waals surface area contributed by atoms with E-state index in [4.69, 9.17) is 9.47 Å². The van der Waals surface area contributed by atoms with E-state index in [0.717, 1.165) is 42.9 Å². The number of anilines is 1. The number of methoxy groups -OCH3 is 1. The molecule has 0 unspecified atom stereocenters. The second-order valence-electron chi connectivity index (χ2n) is 8.68. The van der Waals surface area contributed by atoms with Crippen LogP contribution in [0.3, 0.4) is 0 Å². The Morgan fingerprint density at radius 3 is 3.11 bits per heavy atom. The van der Waals surface area contributed by atoms with Gasteiger partial charge in [0.15, 0.2) is 0 Å². The molecule has 1 aromatic rings. The van der Waals surface area contributed by atoms with E-state index in [0.29, 0.717) is 18.6 Å². The van der Waals surface area contributed by atoms with Crippen LogP contribution in [0.25, 0.3) is 0 Å². The lowest BCUT2D eigenvalue weighted by atomic mass is 9.53. The number of benzene rings is 1. The number of piperidine rings is 1. The first kappa shape index (κ1) is 16.0. The Morgan fingerprint density at radius 1 is 1.48 bits per heavy atom. The van der Waals surface area contributed by atoms with Crippen LogP contribution in [0.1, 0.15) is 31.7 Å². The number of nitrogens with one attached hydrogen (secondary N) is 1. The standard InChI is InChI=1S/C21H24N2O4/c1-3-20-9-12(18(25)26-2)16-21(13-5-4-11(24)8-14(13)22-16)6-7-23(19(20)21)10-15-17(20)27-15/h4-5,8,15,17,19,22,24H,3,6-7,9-10H2,1-2H3/t15-,17-,19-,20+,21-/m0/s1. The van der Waals surface area contributed by atoms with E-state index in [-0.39, 0.29) is 28.7 Å². The molecule has 0 aromatic heterocycles. The molecule has 1 aliphatic carbocycles. The highest BCUT2D eigenvalue weighted by atomic mass is 16.6. The summed E-state index contributed by atoms with van der Waals surface area (Å²) in [6.45, 7) is 4.21. The summed E-state index contributed by atoms with van der Waals surface area (Å²) in [5, 5.41) is 13.5. The van der Waals surface area contributed by atoms with Crippen LogP contribution in [0.5, 0.6) is 5.75 Å². The average Bonchev–Trinajstić information content (AvgIpc) is 3.26. The number of phenols is 1. The summed E-state index contributed by atoms with van der Waals surface area (Å²) >= 11 is 0. The van der Waals surface area contributed by atoms with Gasteiger partial charge in [0.1, 0.15) is 5.75 Å². The summed E-state index contributed by atoms with van der Waals surface area (Å²) < 4.78 is 11.3. The molecular formula is C21H24N2O4. The topological polar surface area (TPSA) is 74.3 Å². The molecule has 5 aliphatic rings. The molecule has 4 aliphatic heterocycles. The molecular weight excluding hydrogens is 344 g/mol. The smallest absolute Gasteiger partial charge is 0.335 e. The van der Waals surface area contributed by atoms with Crippen LogP contribution in [0.4, 0.5) is 5.69 Å². The van der Waals surface area contributed by atoms with Gasteiger partial charge in [-0.15, -0.1) is 0 Å². The molecule has 6 heteroatoms. The van der Waals surface area contributed by atoms with Crippen molar-refractivity contribution >= 4 is 11.7 Å². The number of hydrogen-bond acceptors (Lipinski definition) is 6. The van der Waals surface area contributed by atoms with Crippen LogP contribution in [-0.4, -0.2) is 54.4 Å². The highest BCUT2D eigenvalue weighted by Crippen LogP contribution is 2.68. The van der Waals surface area contributed by atoms with Gasteiger partial charge in [-0.3, -0.25) is 4.90 Å². The maximum Gasteiger partial charge on any atom is 0.335 e. The monoisotopic (exact) mass is 368 g/mol. The molecule has 1 aromatic carbocycles. The van der Waals surface area contributed by atoms with Crippen molar-refractivity contribution in [1.29, 1.82) is 0 Å². The summed E-state index contributed by atoms with van der Waals surface area (Å²) in [5.74, 6) is -0.0104. The van der Waals surface area contributed by atoms with Crippen molar-refractivity contribution in [3.8, 4) is 5.75 Å². The van der Waals surface area contributed by atoms with Gasteiger partial charge in [0.25, 0.3) is 0 Å². The van der Waals surface area contributed by atoms with E-state index in [1.165, 1.54) is 12.7 Å². The number of fused-ring (bicyclic) bond motifs is 3. The van der Waals surface area contributed by atoms with Crippen molar-refractivity contribution in [3.63, 3.8) is 0 Å². The third-order valence-electron chi connectivity index (χ3n) is 7.82. The number of esters is 1. The van der Waals surface area contributed by atoms with E-state index >= 15 is 0 Å². The van der Waals surface area contributed by atoms with Crippen LogP contribution in [-0.2, 0) is 19.7 Å². The van der Waals surface area contributed by atoms with E-state index in [1.54, 1.807) is 12.1 Å². The summed E-state index contributed by atoms with van der Waals surface area (Å²) in [4.78, 5) is 15.4. The predicted octanol–water partition coefficient (Wildman–Crippen LogP) is 2.14. The molecule has 0 amide bonds. The number of nitrogens with zero attached hydrogens (tertiary/aromatic N) is 1. The lowest BCUT2D eigenvalue weighted by molar-refractivity contribution is -0.137. The number of carbonyl (C=O) groups excluding carboxylic acids is 1. The predicted molar refractivity (Wildman–Crippen MR) is 98.4 cm³/mol. The van der Waals surface area contributed by atoms with Crippen molar-refractivity contribution in [1.82, 2.24) is 4.90 Å². The first-order chi connectivity index (χ1) is 13.0. The minimum atomic E-state index is -0.252. The molecule has 0 saturated carbocycles. The maximum absolute atomic E-state index is 12.8. The van der Waals surface area contributed by atoms with Crippen LogP contribution in [0.2, 0.25) is 0 Å². The molecule has 0 radical (unpaired) electrons. The zero-order valence-corrected chi connectivity index (χ0v) is 15.6. The second-order valence-corrected chi connectivity index (χ2v) is 8.68. The Labute approximate surface area is 158 Å². The Kier molecular flexibility index (Phi) is 2.87. The van der Waals surface area contributed by atoms with Gasteiger partial charge in [0, 0.05) is 35.5 Å². The molecule has 3 saturated heterocycles. The largest absolute Gasteiger partial charge is 0.508 e. The van der Waals surface area contributed by atoms with Gasteiger partial charge in [0.05, 0.1) is 30.3 Å². The average molecular weight is 368 g/mol. The third kappa shape index (κ3) is 1.68. The molecule has 142 valence electrons. The van der Waals surface area contributed by atoms with E-state index < -0.39 is 0 Å². The number of aromatic hydroxyl groups is 1. The van der Waals surface area contributed by atoms with Gasteiger partial charge in [0.2, 0.25) is 0 Å². The highest BCUT2D eigenvalue weighted by molar-refractivity contribution is 5.93. The fourth-order valence-electron chi connectivity index (χ4n) is 6.85. The number of ether oxygens (including phenoxy) is 2. The molecule has 1 spiro atoms. The van der Waals surface area contributed by atoms with Crippen LogP contribution in [0.15, 0.2) is 29.5 Å². The molecule has 2 N–H and O–H groups in total. The number of phenolic OH excluding ortho intramolecular Hbond substituents is 1. The number of hydrogen-bond donors (Lipinski definition) is 2. The minimum absolute atomic E-state index is 0.0758. The molecule has 0 bridgehead atoms. The zero-order chi connectivity index (χ0) is 18.6. The SMILES string of the molecule is CC[C@@]12CC(C(=O)OC)=C3Nc4cc(O)ccc4[C@@]34CCN(C[C@@H]3O[C@@H]31)[C@@H]24. The lowest BCUT2D eigenvalue weighted by Crippen LogP contribution is -2.63. The maximum atomic E-state index is 12.8. The summed E-state index contributed by atoms with van der Waals surface area (Å²) in [6.07, 6.45) is 3.15. The Hall–Kier alpha value is -2.05. The Balaban J connectivity index is 1.66. The van der Waals surface area contributed by atoms with Gasteiger partial charge < -0.3 is 19.9 Å². The Morgan fingerprint density at radius 2 is 2.33 bits per heavy atom. The number of carbonyl (C=O) groups is 1. The summed E-state index contributed by atoms with van der Waals surface area (Å²) in [7, 11) is 1.46. The van der Waals surface area contributed by atoms with E-state index in [1.807, 2.05) is 6.07 Å². The summed E-state index contributed by atoms with van der Waals surface area (Å²) in [6, 6.07) is 5.88. The molecule has 5 atom stereocenters. The number of epoxide rings is 1. The summed E-state index contributed by atoms with van der Waals surface area (Å²) in [5.41, 5.74) is 3.53. The van der Waals surface area contributed by atoms with E-state index in [9.17, 15) is 9.90 Å². The van der Waals surface area contributed by atoms with Crippen LogP contribution < -0.4 is 5.32 Å². The van der Waals surface area contributed by atoms with Gasteiger partial charge in [-0.25, -0.2) is 4.79 Å². The molecule has 3 fully saturated rings. The minimum Gasteiger partial charge on any atom is -0.508 e. The van der Waals surface area contributed by atoms with Crippen molar-refractivity contribution in [3.05, 3.63) is 35.0 Å². The molecule has 6 rings (SSSR count). The van der Waals surface area contributed by atoms with Crippen LogP contribution in [0, 0.1) is 5.41 Å². The van der Waals surface area contributed by atoms with E-state index in [2.05, 4.69) is 17.1 Å². The Bertz CT molecular complexity index is 911. The van der Waals surface area contributed by atoms with Gasteiger partial charge in [-0.1, -0.05) is 13.0 Å². The zero-order valence-electron chi connectivity index (χ0n) is 15.6.